The van der Waals surface area contributed by atoms with Gasteiger partial charge in [-0.2, -0.15) is 5.10 Å². The quantitative estimate of drug-likeness (QED) is 0.869. The molecule has 4 nitrogen and oxygen atoms in total. The summed E-state index contributed by atoms with van der Waals surface area (Å²) in [5.74, 6) is 0. The number of aryl methyl sites for hydroxylation is 1. The van der Waals surface area contributed by atoms with Gasteiger partial charge in [-0.25, -0.2) is 0 Å². The topological polar surface area (TPSA) is 39.1 Å². The van der Waals surface area contributed by atoms with Crippen LogP contribution in [0.25, 0.3) is 0 Å². The van der Waals surface area contributed by atoms with Crippen molar-refractivity contribution in [3.05, 3.63) is 18.0 Å². The molecule has 1 aromatic rings. The largest absolute Gasteiger partial charge is 0.381 e. The van der Waals surface area contributed by atoms with Crippen molar-refractivity contribution in [2.45, 2.75) is 32.7 Å². The molecule has 0 aliphatic carbocycles. The molecule has 1 aromatic heterocycles. The first-order valence-electron chi connectivity index (χ1n) is 6.39. The lowest BCUT2D eigenvalue weighted by atomic mass is 9.82. The van der Waals surface area contributed by atoms with E-state index in [1.807, 2.05) is 17.9 Å². The number of nitrogens with zero attached hydrogens (tertiary/aromatic N) is 2. The predicted molar refractivity (Wildman–Crippen MR) is 67.8 cm³/mol. The normalized spacial score (nSPS) is 21.4. The van der Waals surface area contributed by atoms with E-state index in [0.29, 0.717) is 11.5 Å². The van der Waals surface area contributed by atoms with Gasteiger partial charge in [0.15, 0.2) is 0 Å². The molecule has 1 N–H and O–H groups in total. The Morgan fingerprint density at radius 3 is 2.82 bits per heavy atom. The second-order valence-electron chi connectivity index (χ2n) is 5.47. The molecular formula is C13H23N3O. The van der Waals surface area contributed by atoms with E-state index in [2.05, 4.69) is 30.5 Å². The van der Waals surface area contributed by atoms with Gasteiger partial charge < -0.3 is 10.1 Å². The van der Waals surface area contributed by atoms with Crippen LogP contribution in [0.5, 0.6) is 0 Å². The summed E-state index contributed by atoms with van der Waals surface area (Å²) in [6, 6.07) is 0.364. The van der Waals surface area contributed by atoms with Crippen LogP contribution in [0.2, 0.25) is 0 Å². The Bertz CT molecular complexity index is 355. The van der Waals surface area contributed by atoms with Crippen LogP contribution in [0, 0.1) is 5.41 Å². The summed E-state index contributed by atoms with van der Waals surface area (Å²) in [4.78, 5) is 0. The van der Waals surface area contributed by atoms with Crippen LogP contribution < -0.4 is 5.32 Å². The minimum atomic E-state index is 0.364. The zero-order valence-corrected chi connectivity index (χ0v) is 11.1. The molecule has 4 heteroatoms. The van der Waals surface area contributed by atoms with E-state index in [9.17, 15) is 0 Å². The van der Waals surface area contributed by atoms with Gasteiger partial charge in [0.1, 0.15) is 0 Å². The number of rotatable bonds is 4. The Kier molecular flexibility index (Phi) is 3.84. The smallest absolute Gasteiger partial charge is 0.0537 e. The summed E-state index contributed by atoms with van der Waals surface area (Å²) in [6.45, 7) is 7.39. The average Bonchev–Trinajstić information content (AvgIpc) is 2.74. The third-order valence-corrected chi connectivity index (χ3v) is 3.76. The molecule has 1 aliphatic rings. The fourth-order valence-corrected chi connectivity index (χ4v) is 2.22. The van der Waals surface area contributed by atoms with E-state index in [4.69, 9.17) is 4.74 Å². The molecule has 2 heterocycles. The molecular weight excluding hydrogens is 214 g/mol. The lowest BCUT2D eigenvalue weighted by molar-refractivity contribution is 0.0231. The van der Waals surface area contributed by atoms with Crippen molar-refractivity contribution in [3.8, 4) is 0 Å². The van der Waals surface area contributed by atoms with E-state index in [1.54, 1.807) is 0 Å². The minimum absolute atomic E-state index is 0.364. The predicted octanol–water partition coefficient (Wildman–Crippen LogP) is 1.89. The van der Waals surface area contributed by atoms with E-state index in [1.165, 1.54) is 5.56 Å². The van der Waals surface area contributed by atoms with Gasteiger partial charge in [0, 0.05) is 44.6 Å². The van der Waals surface area contributed by atoms with E-state index in [-0.39, 0.29) is 0 Å². The highest BCUT2D eigenvalue weighted by Crippen LogP contribution is 2.29. The number of hydrogen-bond acceptors (Lipinski definition) is 3. The fraction of sp³-hybridized carbons (Fsp3) is 0.769. The van der Waals surface area contributed by atoms with Crippen LogP contribution in [0.3, 0.4) is 0 Å². The Labute approximate surface area is 103 Å². The number of aromatic nitrogens is 2. The van der Waals surface area contributed by atoms with Crippen LogP contribution in [0.1, 0.15) is 38.3 Å². The molecule has 1 atom stereocenters. The van der Waals surface area contributed by atoms with Gasteiger partial charge in [-0.15, -0.1) is 0 Å². The second-order valence-corrected chi connectivity index (χ2v) is 5.47. The van der Waals surface area contributed by atoms with Crippen molar-refractivity contribution in [1.82, 2.24) is 15.1 Å². The Hall–Kier alpha value is -0.870. The zero-order valence-electron chi connectivity index (χ0n) is 11.1. The highest BCUT2D eigenvalue weighted by Gasteiger charge is 2.27. The van der Waals surface area contributed by atoms with Crippen LogP contribution >= 0.6 is 0 Å². The Morgan fingerprint density at radius 2 is 2.24 bits per heavy atom. The van der Waals surface area contributed by atoms with E-state index in [0.717, 1.165) is 32.6 Å². The molecule has 0 bridgehead atoms. The van der Waals surface area contributed by atoms with Crippen LogP contribution in [0.15, 0.2) is 12.4 Å². The standard InChI is InChI=1S/C13H23N3O/c1-11(12-8-15-16(3)9-12)14-10-13(2)4-6-17-7-5-13/h8-9,11,14H,4-7,10H2,1-3H3. The highest BCUT2D eigenvalue weighted by atomic mass is 16.5. The number of hydrogen-bond donors (Lipinski definition) is 1. The Balaban J connectivity index is 1.85. The number of ether oxygens (including phenoxy) is 1. The average molecular weight is 237 g/mol. The van der Waals surface area contributed by atoms with Gasteiger partial charge in [-0.05, 0) is 25.2 Å². The molecule has 17 heavy (non-hydrogen) atoms. The molecule has 1 aliphatic heterocycles. The van der Waals surface area contributed by atoms with Crippen molar-refractivity contribution >= 4 is 0 Å². The molecule has 0 amide bonds. The number of nitrogens with one attached hydrogen (secondary N) is 1. The lowest BCUT2D eigenvalue weighted by Crippen LogP contribution is -2.37. The summed E-state index contributed by atoms with van der Waals surface area (Å²) >= 11 is 0. The fourth-order valence-electron chi connectivity index (χ4n) is 2.22. The summed E-state index contributed by atoms with van der Waals surface area (Å²) < 4.78 is 7.27. The summed E-state index contributed by atoms with van der Waals surface area (Å²) in [5, 5.41) is 7.82. The SMILES string of the molecule is CC(NCC1(C)CCOCC1)c1cnn(C)c1. The lowest BCUT2D eigenvalue weighted by Gasteiger charge is -2.34. The molecule has 2 rings (SSSR count). The zero-order chi connectivity index (χ0) is 12.3. The van der Waals surface area contributed by atoms with Gasteiger partial charge >= 0.3 is 0 Å². The molecule has 0 aromatic carbocycles. The van der Waals surface area contributed by atoms with Crippen molar-refractivity contribution < 1.29 is 4.74 Å². The first-order valence-corrected chi connectivity index (χ1v) is 6.39. The third kappa shape index (κ3) is 3.30. The van der Waals surface area contributed by atoms with Gasteiger partial charge in [-0.1, -0.05) is 6.92 Å². The molecule has 96 valence electrons. The van der Waals surface area contributed by atoms with Crippen molar-refractivity contribution in [2.75, 3.05) is 19.8 Å². The highest BCUT2D eigenvalue weighted by molar-refractivity contribution is 5.09. The monoisotopic (exact) mass is 237 g/mol. The van der Waals surface area contributed by atoms with Crippen LogP contribution in [-0.2, 0) is 11.8 Å². The van der Waals surface area contributed by atoms with Crippen LogP contribution in [-0.4, -0.2) is 29.5 Å². The van der Waals surface area contributed by atoms with Crippen molar-refractivity contribution in [3.63, 3.8) is 0 Å². The van der Waals surface area contributed by atoms with Gasteiger partial charge in [0.25, 0.3) is 0 Å². The maximum atomic E-state index is 5.42. The minimum Gasteiger partial charge on any atom is -0.381 e. The molecule has 1 fully saturated rings. The molecule has 0 saturated carbocycles. The van der Waals surface area contributed by atoms with Crippen molar-refractivity contribution in [1.29, 1.82) is 0 Å². The van der Waals surface area contributed by atoms with Gasteiger partial charge in [-0.3, -0.25) is 4.68 Å². The van der Waals surface area contributed by atoms with E-state index < -0.39 is 0 Å². The first kappa shape index (κ1) is 12.6. The molecule has 0 radical (unpaired) electrons. The second kappa shape index (κ2) is 5.19. The molecule has 0 spiro atoms. The summed E-state index contributed by atoms with van der Waals surface area (Å²) in [6.07, 6.45) is 6.31. The maximum Gasteiger partial charge on any atom is 0.0537 e. The molecule has 1 unspecified atom stereocenters. The summed E-state index contributed by atoms with van der Waals surface area (Å²) in [7, 11) is 1.95. The van der Waals surface area contributed by atoms with Crippen LogP contribution in [0.4, 0.5) is 0 Å². The van der Waals surface area contributed by atoms with E-state index >= 15 is 0 Å². The van der Waals surface area contributed by atoms with Gasteiger partial charge in [0.2, 0.25) is 0 Å². The summed E-state index contributed by atoms with van der Waals surface area (Å²) in [5.41, 5.74) is 1.64. The Morgan fingerprint density at radius 1 is 1.53 bits per heavy atom. The first-order chi connectivity index (χ1) is 8.09. The molecule has 1 saturated heterocycles. The third-order valence-electron chi connectivity index (χ3n) is 3.76. The van der Waals surface area contributed by atoms with Crippen molar-refractivity contribution in [2.24, 2.45) is 12.5 Å². The maximum absolute atomic E-state index is 5.42. The van der Waals surface area contributed by atoms with Gasteiger partial charge in [0.05, 0.1) is 6.20 Å².